The molecule has 3 rings (SSSR count). The molecular formula is C14H20N4O2S. The molecule has 1 aromatic heterocycles. The van der Waals surface area contributed by atoms with E-state index in [-0.39, 0.29) is 24.4 Å². The van der Waals surface area contributed by atoms with E-state index in [2.05, 4.69) is 5.10 Å². The maximum Gasteiger partial charge on any atom is 0.242 e. The molecule has 0 saturated carbocycles. The van der Waals surface area contributed by atoms with E-state index in [9.17, 15) is 9.59 Å². The summed E-state index contributed by atoms with van der Waals surface area (Å²) in [6.07, 6.45) is 6.89. The molecule has 3 heterocycles. The highest BCUT2D eigenvalue weighted by Crippen LogP contribution is 2.20. The van der Waals surface area contributed by atoms with Gasteiger partial charge in [0.25, 0.3) is 0 Å². The maximum absolute atomic E-state index is 12.5. The van der Waals surface area contributed by atoms with Crippen LogP contribution in [0.3, 0.4) is 0 Å². The number of rotatable bonds is 4. The molecule has 0 N–H and O–H groups in total. The van der Waals surface area contributed by atoms with Crippen molar-refractivity contribution in [2.75, 3.05) is 24.7 Å². The minimum atomic E-state index is 0.0720. The first-order valence-corrected chi connectivity index (χ1v) is 8.52. The van der Waals surface area contributed by atoms with Gasteiger partial charge in [0.05, 0.1) is 24.2 Å². The predicted octanol–water partition coefficient (Wildman–Crippen LogP) is 0.797. The normalized spacial score (nSPS) is 22.9. The van der Waals surface area contributed by atoms with E-state index in [0.717, 1.165) is 32.4 Å². The summed E-state index contributed by atoms with van der Waals surface area (Å²) in [5.41, 5.74) is 0. The van der Waals surface area contributed by atoms with Gasteiger partial charge in [-0.3, -0.25) is 14.3 Å². The van der Waals surface area contributed by atoms with Crippen LogP contribution in [0.1, 0.15) is 19.3 Å². The summed E-state index contributed by atoms with van der Waals surface area (Å²) in [6.45, 7) is 1.75. The Hall–Kier alpha value is -1.50. The zero-order chi connectivity index (χ0) is 14.7. The number of aromatic nitrogens is 2. The van der Waals surface area contributed by atoms with Crippen LogP contribution in [-0.4, -0.2) is 62.2 Å². The van der Waals surface area contributed by atoms with Gasteiger partial charge in [-0.1, -0.05) is 0 Å². The number of thioether (sulfide) groups is 1. The molecule has 1 aromatic rings. The van der Waals surface area contributed by atoms with E-state index in [0.29, 0.717) is 11.6 Å². The lowest BCUT2D eigenvalue weighted by Gasteiger charge is -2.36. The molecule has 0 bridgehead atoms. The molecule has 2 aliphatic heterocycles. The third-order valence-electron chi connectivity index (χ3n) is 4.06. The van der Waals surface area contributed by atoms with E-state index < -0.39 is 0 Å². The fourth-order valence-corrected chi connectivity index (χ4v) is 3.84. The third-order valence-corrected chi connectivity index (χ3v) is 5.00. The van der Waals surface area contributed by atoms with Crippen molar-refractivity contribution in [1.82, 2.24) is 19.6 Å². The zero-order valence-electron chi connectivity index (χ0n) is 12.0. The first-order valence-electron chi connectivity index (χ1n) is 7.36. The second-order valence-corrected chi connectivity index (χ2v) is 6.49. The van der Waals surface area contributed by atoms with Crippen molar-refractivity contribution < 1.29 is 9.59 Å². The standard InChI is InChI=1S/C14H20N4O2S/c19-13(9-16-11-21-10-14(16)20)18-7-2-1-4-12(18)8-17-6-3-5-15-17/h3,5-6,12H,1-2,4,7-11H2/t12-/m0/s1. The summed E-state index contributed by atoms with van der Waals surface area (Å²) in [7, 11) is 0. The van der Waals surface area contributed by atoms with Crippen LogP contribution in [0, 0.1) is 0 Å². The van der Waals surface area contributed by atoms with Crippen LogP contribution in [0.25, 0.3) is 0 Å². The van der Waals surface area contributed by atoms with Crippen LogP contribution in [0.2, 0.25) is 0 Å². The van der Waals surface area contributed by atoms with Crippen LogP contribution < -0.4 is 0 Å². The molecule has 21 heavy (non-hydrogen) atoms. The number of piperidine rings is 1. The van der Waals surface area contributed by atoms with E-state index in [1.54, 1.807) is 22.9 Å². The predicted molar refractivity (Wildman–Crippen MR) is 80.6 cm³/mol. The highest BCUT2D eigenvalue weighted by Gasteiger charge is 2.30. The highest BCUT2D eigenvalue weighted by atomic mass is 32.2. The summed E-state index contributed by atoms with van der Waals surface area (Å²) >= 11 is 1.58. The van der Waals surface area contributed by atoms with Crippen LogP contribution in [-0.2, 0) is 16.1 Å². The van der Waals surface area contributed by atoms with Gasteiger partial charge in [-0.25, -0.2) is 0 Å². The van der Waals surface area contributed by atoms with Gasteiger partial charge in [0.15, 0.2) is 0 Å². The molecule has 0 unspecified atom stereocenters. The topological polar surface area (TPSA) is 58.4 Å². The Bertz CT molecular complexity index is 505. The van der Waals surface area contributed by atoms with Gasteiger partial charge < -0.3 is 9.80 Å². The molecule has 114 valence electrons. The van der Waals surface area contributed by atoms with E-state index in [1.807, 2.05) is 21.8 Å². The molecule has 0 radical (unpaired) electrons. The Labute approximate surface area is 128 Å². The molecule has 2 fully saturated rings. The van der Waals surface area contributed by atoms with Crippen LogP contribution in [0.15, 0.2) is 18.5 Å². The van der Waals surface area contributed by atoms with Gasteiger partial charge in [0.2, 0.25) is 11.8 Å². The van der Waals surface area contributed by atoms with Gasteiger partial charge in [-0.05, 0) is 25.3 Å². The lowest BCUT2D eigenvalue weighted by Crippen LogP contribution is -2.49. The Morgan fingerprint density at radius 1 is 1.43 bits per heavy atom. The summed E-state index contributed by atoms with van der Waals surface area (Å²) in [6, 6.07) is 2.09. The number of carbonyl (C=O) groups excluding carboxylic acids is 2. The average molecular weight is 308 g/mol. The molecule has 2 aliphatic rings. The third kappa shape index (κ3) is 3.40. The summed E-state index contributed by atoms with van der Waals surface area (Å²) in [5, 5.41) is 4.23. The van der Waals surface area contributed by atoms with Gasteiger partial charge in [-0.15, -0.1) is 11.8 Å². The molecule has 7 heteroatoms. The molecule has 2 saturated heterocycles. The maximum atomic E-state index is 12.5. The fraction of sp³-hybridized carbons (Fsp3) is 0.643. The molecular weight excluding hydrogens is 288 g/mol. The van der Waals surface area contributed by atoms with Crippen molar-refractivity contribution in [2.45, 2.75) is 31.8 Å². The number of hydrogen-bond donors (Lipinski definition) is 0. The van der Waals surface area contributed by atoms with Gasteiger partial charge in [-0.2, -0.15) is 5.10 Å². The second kappa shape index (κ2) is 6.51. The minimum absolute atomic E-state index is 0.0720. The molecule has 6 nitrogen and oxygen atoms in total. The monoisotopic (exact) mass is 308 g/mol. The van der Waals surface area contributed by atoms with Crippen LogP contribution in [0.4, 0.5) is 0 Å². The van der Waals surface area contributed by atoms with E-state index in [4.69, 9.17) is 0 Å². The number of carbonyl (C=O) groups is 2. The first-order chi connectivity index (χ1) is 10.2. The highest BCUT2D eigenvalue weighted by molar-refractivity contribution is 8.00. The Morgan fingerprint density at radius 2 is 2.33 bits per heavy atom. The molecule has 0 spiro atoms. The van der Waals surface area contributed by atoms with Crippen molar-refractivity contribution in [3.05, 3.63) is 18.5 Å². The molecule has 0 aromatic carbocycles. The lowest BCUT2D eigenvalue weighted by molar-refractivity contribution is -0.140. The second-order valence-electron chi connectivity index (χ2n) is 5.53. The SMILES string of the molecule is O=C1CSCN1CC(=O)N1CCCC[C@H]1Cn1cccn1. The van der Waals surface area contributed by atoms with Gasteiger partial charge in [0, 0.05) is 18.9 Å². The fourth-order valence-electron chi connectivity index (χ4n) is 2.94. The van der Waals surface area contributed by atoms with Crippen molar-refractivity contribution in [1.29, 1.82) is 0 Å². The van der Waals surface area contributed by atoms with E-state index in [1.165, 1.54) is 0 Å². The number of likely N-dealkylation sites (tertiary alicyclic amines) is 1. The van der Waals surface area contributed by atoms with Gasteiger partial charge in [0.1, 0.15) is 6.54 Å². The molecule has 1 atom stereocenters. The average Bonchev–Trinajstić information content (AvgIpc) is 3.12. The summed E-state index contributed by atoms with van der Waals surface area (Å²) in [5.74, 6) is 1.29. The van der Waals surface area contributed by atoms with Crippen molar-refractivity contribution in [3.8, 4) is 0 Å². The van der Waals surface area contributed by atoms with Crippen LogP contribution >= 0.6 is 11.8 Å². The smallest absolute Gasteiger partial charge is 0.242 e. The first kappa shape index (κ1) is 14.4. The van der Waals surface area contributed by atoms with E-state index >= 15 is 0 Å². The Balaban J connectivity index is 1.62. The quantitative estimate of drug-likeness (QED) is 0.825. The van der Waals surface area contributed by atoms with Crippen molar-refractivity contribution in [3.63, 3.8) is 0 Å². The zero-order valence-corrected chi connectivity index (χ0v) is 12.8. The summed E-state index contributed by atoms with van der Waals surface area (Å²) < 4.78 is 1.88. The Kier molecular flexibility index (Phi) is 4.48. The number of nitrogens with zero attached hydrogens (tertiary/aromatic N) is 4. The molecule has 2 amide bonds. The number of amides is 2. The van der Waals surface area contributed by atoms with Crippen molar-refractivity contribution >= 4 is 23.6 Å². The number of hydrogen-bond acceptors (Lipinski definition) is 4. The minimum Gasteiger partial charge on any atom is -0.336 e. The largest absolute Gasteiger partial charge is 0.336 e. The lowest BCUT2D eigenvalue weighted by atomic mass is 10.0. The molecule has 0 aliphatic carbocycles. The summed E-state index contributed by atoms with van der Waals surface area (Å²) in [4.78, 5) is 27.8. The van der Waals surface area contributed by atoms with Crippen LogP contribution in [0.5, 0.6) is 0 Å². The van der Waals surface area contributed by atoms with Crippen molar-refractivity contribution in [2.24, 2.45) is 0 Å². The Morgan fingerprint density at radius 3 is 3.05 bits per heavy atom. The van der Waals surface area contributed by atoms with Gasteiger partial charge >= 0.3 is 0 Å².